The third kappa shape index (κ3) is 3.41. The Labute approximate surface area is 143 Å². The van der Waals surface area contributed by atoms with Gasteiger partial charge in [-0.25, -0.2) is 4.98 Å². The third-order valence-corrected chi connectivity index (χ3v) is 5.12. The summed E-state index contributed by atoms with van der Waals surface area (Å²) in [6.07, 6.45) is 6.59. The van der Waals surface area contributed by atoms with Crippen LogP contribution in [0.15, 0.2) is 36.7 Å². The van der Waals surface area contributed by atoms with Crippen LogP contribution in [0.5, 0.6) is 11.5 Å². The summed E-state index contributed by atoms with van der Waals surface area (Å²) >= 11 is 0. The van der Waals surface area contributed by atoms with Crippen molar-refractivity contribution >= 4 is 0 Å². The van der Waals surface area contributed by atoms with Gasteiger partial charge in [0.25, 0.3) is 0 Å². The summed E-state index contributed by atoms with van der Waals surface area (Å²) in [7, 11) is 0. The Hall–Kier alpha value is -2.01. The molecule has 1 aromatic heterocycles. The van der Waals surface area contributed by atoms with Crippen molar-refractivity contribution in [1.29, 1.82) is 0 Å². The molecule has 1 saturated heterocycles. The fourth-order valence-corrected chi connectivity index (χ4v) is 3.67. The maximum Gasteiger partial charge on any atom is 0.161 e. The maximum absolute atomic E-state index is 6.08. The molecule has 0 saturated carbocycles. The van der Waals surface area contributed by atoms with Crippen molar-refractivity contribution in [1.82, 2.24) is 14.5 Å². The Balaban J connectivity index is 1.26. The number of piperidine rings is 1. The molecule has 1 atom stereocenters. The smallest absolute Gasteiger partial charge is 0.161 e. The quantitative estimate of drug-likeness (QED) is 0.866. The number of fused-ring (bicyclic) bond motifs is 1. The summed E-state index contributed by atoms with van der Waals surface area (Å²) in [6, 6.07) is 7.93. The summed E-state index contributed by atoms with van der Waals surface area (Å²) in [5.41, 5.74) is 0. The number of likely N-dealkylation sites (tertiary alicyclic amines) is 1. The van der Waals surface area contributed by atoms with E-state index in [1.165, 1.54) is 12.8 Å². The Morgan fingerprint density at radius 3 is 2.67 bits per heavy atom. The number of hydrogen-bond donors (Lipinski definition) is 0. The highest BCUT2D eigenvalue weighted by molar-refractivity contribution is 5.40. The molecule has 0 spiro atoms. The van der Waals surface area contributed by atoms with Crippen molar-refractivity contribution in [2.75, 3.05) is 26.2 Å². The van der Waals surface area contributed by atoms with E-state index in [0.717, 1.165) is 49.4 Å². The molecule has 5 nitrogen and oxygen atoms in total. The molecule has 1 fully saturated rings. The van der Waals surface area contributed by atoms with Gasteiger partial charge in [-0.15, -0.1) is 0 Å². The van der Waals surface area contributed by atoms with Gasteiger partial charge in [0, 0.05) is 25.5 Å². The van der Waals surface area contributed by atoms with Crippen LogP contribution in [0.4, 0.5) is 0 Å². The number of aryl methyl sites for hydroxylation is 1. The molecule has 2 aliphatic rings. The van der Waals surface area contributed by atoms with Gasteiger partial charge in [-0.3, -0.25) is 4.90 Å². The molecule has 2 aromatic rings. The van der Waals surface area contributed by atoms with E-state index in [1.807, 2.05) is 30.5 Å². The molecular formula is C19H25N3O2. The zero-order chi connectivity index (χ0) is 16.4. The number of para-hydroxylation sites is 2. The van der Waals surface area contributed by atoms with Crippen LogP contribution in [-0.4, -0.2) is 46.8 Å². The molecule has 24 heavy (non-hydrogen) atoms. The Kier molecular flexibility index (Phi) is 4.43. The summed E-state index contributed by atoms with van der Waals surface area (Å²) in [5.74, 6) is 3.60. The molecule has 1 aromatic carbocycles. The number of nitrogens with zero attached hydrogens (tertiary/aromatic N) is 3. The van der Waals surface area contributed by atoms with E-state index in [4.69, 9.17) is 9.47 Å². The molecule has 5 heteroatoms. The molecule has 128 valence electrons. The first-order valence-corrected chi connectivity index (χ1v) is 8.86. The first-order chi connectivity index (χ1) is 11.8. The van der Waals surface area contributed by atoms with Crippen molar-refractivity contribution in [3.05, 3.63) is 42.5 Å². The van der Waals surface area contributed by atoms with Crippen molar-refractivity contribution in [3.63, 3.8) is 0 Å². The first kappa shape index (κ1) is 15.5. The van der Waals surface area contributed by atoms with E-state index in [1.54, 1.807) is 0 Å². The number of ether oxygens (including phenoxy) is 2. The SMILES string of the molecule is Cc1nccn1CC1CCN(C[C@H]2COc3ccccc3O2)CC1. The van der Waals surface area contributed by atoms with Crippen LogP contribution in [0.2, 0.25) is 0 Å². The molecule has 3 heterocycles. The monoisotopic (exact) mass is 327 g/mol. The lowest BCUT2D eigenvalue weighted by Crippen LogP contribution is -2.44. The highest BCUT2D eigenvalue weighted by Crippen LogP contribution is 2.31. The average Bonchev–Trinajstić information content (AvgIpc) is 3.01. The van der Waals surface area contributed by atoms with Crippen LogP contribution in [0, 0.1) is 12.8 Å². The lowest BCUT2D eigenvalue weighted by Gasteiger charge is -2.35. The van der Waals surface area contributed by atoms with Crippen molar-refractivity contribution < 1.29 is 9.47 Å². The minimum absolute atomic E-state index is 0.132. The Bertz CT molecular complexity index is 677. The Morgan fingerprint density at radius 1 is 1.12 bits per heavy atom. The van der Waals surface area contributed by atoms with Gasteiger partial charge >= 0.3 is 0 Å². The highest BCUT2D eigenvalue weighted by Gasteiger charge is 2.26. The van der Waals surface area contributed by atoms with E-state index >= 15 is 0 Å². The summed E-state index contributed by atoms with van der Waals surface area (Å²) in [5, 5.41) is 0. The standard InChI is InChI=1S/C19H25N3O2/c1-15-20-8-11-22(15)12-16-6-9-21(10-7-16)13-17-14-23-18-4-2-3-5-19(18)24-17/h2-5,8,11,16-17H,6-7,9-10,12-14H2,1H3/t17-/m0/s1. The van der Waals surface area contributed by atoms with E-state index in [0.29, 0.717) is 6.61 Å². The van der Waals surface area contributed by atoms with E-state index in [9.17, 15) is 0 Å². The van der Waals surface area contributed by atoms with E-state index in [2.05, 4.69) is 27.6 Å². The minimum atomic E-state index is 0.132. The molecule has 0 N–H and O–H groups in total. The molecule has 0 aliphatic carbocycles. The van der Waals surface area contributed by atoms with Gasteiger partial charge in [0.2, 0.25) is 0 Å². The number of aromatic nitrogens is 2. The van der Waals surface area contributed by atoms with Gasteiger partial charge in [0.15, 0.2) is 11.5 Å². The van der Waals surface area contributed by atoms with Crippen LogP contribution in [0.1, 0.15) is 18.7 Å². The van der Waals surface area contributed by atoms with Gasteiger partial charge in [0.1, 0.15) is 18.5 Å². The second-order valence-electron chi connectivity index (χ2n) is 6.87. The van der Waals surface area contributed by atoms with E-state index < -0.39 is 0 Å². The average molecular weight is 327 g/mol. The molecule has 0 unspecified atom stereocenters. The third-order valence-electron chi connectivity index (χ3n) is 5.12. The van der Waals surface area contributed by atoms with Crippen LogP contribution in [0.25, 0.3) is 0 Å². The topological polar surface area (TPSA) is 39.5 Å². The molecule has 0 bridgehead atoms. The number of imidazole rings is 1. The van der Waals surface area contributed by atoms with Gasteiger partial charge in [-0.1, -0.05) is 12.1 Å². The van der Waals surface area contributed by atoms with E-state index in [-0.39, 0.29) is 6.10 Å². The van der Waals surface area contributed by atoms with Crippen molar-refractivity contribution in [2.45, 2.75) is 32.4 Å². The van der Waals surface area contributed by atoms with Crippen LogP contribution < -0.4 is 9.47 Å². The predicted molar refractivity (Wildman–Crippen MR) is 92.5 cm³/mol. The normalized spacial score (nSPS) is 21.8. The van der Waals surface area contributed by atoms with Crippen molar-refractivity contribution in [2.24, 2.45) is 5.92 Å². The van der Waals surface area contributed by atoms with Gasteiger partial charge in [-0.2, -0.15) is 0 Å². The lowest BCUT2D eigenvalue weighted by molar-refractivity contribution is 0.0466. The fourth-order valence-electron chi connectivity index (χ4n) is 3.67. The fraction of sp³-hybridized carbons (Fsp3) is 0.526. The summed E-state index contributed by atoms with van der Waals surface area (Å²) in [4.78, 5) is 6.83. The minimum Gasteiger partial charge on any atom is -0.486 e. The van der Waals surface area contributed by atoms with Crippen LogP contribution in [-0.2, 0) is 6.54 Å². The molecular weight excluding hydrogens is 302 g/mol. The van der Waals surface area contributed by atoms with Crippen LogP contribution in [0.3, 0.4) is 0 Å². The highest BCUT2D eigenvalue weighted by atomic mass is 16.6. The number of benzene rings is 1. The van der Waals surface area contributed by atoms with Crippen LogP contribution >= 0.6 is 0 Å². The van der Waals surface area contributed by atoms with Crippen molar-refractivity contribution in [3.8, 4) is 11.5 Å². The first-order valence-electron chi connectivity index (χ1n) is 8.86. The zero-order valence-electron chi connectivity index (χ0n) is 14.2. The number of rotatable bonds is 4. The lowest BCUT2D eigenvalue weighted by atomic mass is 9.96. The zero-order valence-corrected chi connectivity index (χ0v) is 14.2. The number of hydrogen-bond acceptors (Lipinski definition) is 4. The second-order valence-corrected chi connectivity index (χ2v) is 6.87. The van der Waals surface area contributed by atoms with Gasteiger partial charge < -0.3 is 14.0 Å². The summed E-state index contributed by atoms with van der Waals surface area (Å²) < 4.78 is 14.2. The molecule has 4 rings (SSSR count). The van der Waals surface area contributed by atoms with Gasteiger partial charge in [0.05, 0.1) is 0 Å². The van der Waals surface area contributed by atoms with Gasteiger partial charge in [-0.05, 0) is 50.9 Å². The molecule has 0 amide bonds. The predicted octanol–water partition coefficient (Wildman–Crippen LogP) is 2.74. The molecule has 0 radical (unpaired) electrons. The Morgan fingerprint density at radius 2 is 1.92 bits per heavy atom. The largest absolute Gasteiger partial charge is 0.486 e. The second kappa shape index (κ2) is 6.85. The maximum atomic E-state index is 6.08. The summed E-state index contributed by atoms with van der Waals surface area (Å²) in [6.45, 7) is 7.04. The molecule has 2 aliphatic heterocycles.